The Labute approximate surface area is 170 Å². The Bertz CT molecular complexity index is 760. The number of thiophene rings is 1. The van der Waals surface area contributed by atoms with Gasteiger partial charge in [-0.15, -0.1) is 11.3 Å². The number of carbonyl (C=O) groups excluding carboxylic acids is 1. The molecule has 150 valence electrons. The predicted octanol–water partition coefficient (Wildman–Crippen LogP) is 4.73. The fourth-order valence-corrected chi connectivity index (χ4v) is 5.52. The predicted molar refractivity (Wildman–Crippen MR) is 112 cm³/mol. The maximum absolute atomic E-state index is 13.3. The molecule has 1 aromatic carbocycles. The van der Waals surface area contributed by atoms with E-state index < -0.39 is 5.41 Å². The molecule has 1 aliphatic carbocycles. The van der Waals surface area contributed by atoms with Gasteiger partial charge in [0.15, 0.2) is 0 Å². The second-order valence-electron chi connectivity index (χ2n) is 8.31. The molecular formula is C23H29FN2OS. The standard InChI is InChI=1S/C23H29FN2OS/c24-20-7-5-19(6-8-20)23(11-1-2-12-23)22(27)25-16-18-9-13-26(14-10-18)17-21-4-3-15-28-21/h3-8,15,18H,1-2,9-14,16-17H2,(H,25,27). The molecule has 5 heteroatoms. The van der Waals surface area contributed by atoms with Crippen molar-refractivity contribution in [1.82, 2.24) is 10.2 Å². The number of carbonyl (C=O) groups is 1. The van der Waals surface area contributed by atoms with E-state index in [-0.39, 0.29) is 11.7 Å². The fourth-order valence-electron chi connectivity index (χ4n) is 4.77. The number of hydrogen-bond donors (Lipinski definition) is 1. The topological polar surface area (TPSA) is 32.3 Å². The largest absolute Gasteiger partial charge is 0.355 e. The highest BCUT2D eigenvalue weighted by Gasteiger charge is 2.42. The van der Waals surface area contributed by atoms with E-state index in [9.17, 15) is 9.18 Å². The summed E-state index contributed by atoms with van der Waals surface area (Å²) in [4.78, 5) is 17.1. The maximum Gasteiger partial charge on any atom is 0.230 e. The van der Waals surface area contributed by atoms with Gasteiger partial charge in [-0.05, 0) is 73.8 Å². The van der Waals surface area contributed by atoms with Crippen LogP contribution >= 0.6 is 11.3 Å². The number of hydrogen-bond acceptors (Lipinski definition) is 3. The Kier molecular flexibility index (Phi) is 6.12. The summed E-state index contributed by atoms with van der Waals surface area (Å²) in [5.74, 6) is 0.444. The Balaban J connectivity index is 1.30. The second-order valence-corrected chi connectivity index (χ2v) is 9.34. The third-order valence-electron chi connectivity index (χ3n) is 6.51. The number of nitrogens with zero attached hydrogens (tertiary/aromatic N) is 1. The molecule has 28 heavy (non-hydrogen) atoms. The summed E-state index contributed by atoms with van der Waals surface area (Å²) >= 11 is 1.82. The number of amides is 1. The zero-order valence-corrected chi connectivity index (χ0v) is 17.1. The fraction of sp³-hybridized carbons (Fsp3) is 0.522. The molecule has 1 saturated carbocycles. The molecule has 0 bridgehead atoms. The molecule has 0 unspecified atom stereocenters. The zero-order valence-electron chi connectivity index (χ0n) is 16.3. The van der Waals surface area contributed by atoms with Crippen LogP contribution in [0.1, 0.15) is 49.0 Å². The number of benzene rings is 1. The first kappa shape index (κ1) is 19.6. The van der Waals surface area contributed by atoms with Gasteiger partial charge in [-0.25, -0.2) is 4.39 Å². The molecular weight excluding hydrogens is 371 g/mol. The maximum atomic E-state index is 13.3. The molecule has 0 radical (unpaired) electrons. The minimum absolute atomic E-state index is 0.137. The van der Waals surface area contributed by atoms with Crippen molar-refractivity contribution in [2.24, 2.45) is 5.92 Å². The molecule has 0 atom stereocenters. The molecule has 1 aromatic heterocycles. The molecule has 2 aliphatic rings. The number of piperidine rings is 1. The Hall–Kier alpha value is -1.72. The van der Waals surface area contributed by atoms with Crippen LogP contribution in [-0.4, -0.2) is 30.4 Å². The summed E-state index contributed by atoms with van der Waals surface area (Å²) in [5.41, 5.74) is 0.503. The smallest absolute Gasteiger partial charge is 0.230 e. The van der Waals surface area contributed by atoms with Crippen LogP contribution in [0.2, 0.25) is 0 Å². The highest BCUT2D eigenvalue weighted by Crippen LogP contribution is 2.41. The van der Waals surface area contributed by atoms with Gasteiger partial charge in [0.25, 0.3) is 0 Å². The summed E-state index contributed by atoms with van der Waals surface area (Å²) < 4.78 is 13.3. The minimum Gasteiger partial charge on any atom is -0.355 e. The van der Waals surface area contributed by atoms with Crippen molar-refractivity contribution < 1.29 is 9.18 Å². The van der Waals surface area contributed by atoms with Gasteiger partial charge in [-0.2, -0.15) is 0 Å². The molecule has 1 amide bonds. The van der Waals surface area contributed by atoms with Crippen LogP contribution in [-0.2, 0) is 16.8 Å². The van der Waals surface area contributed by atoms with Gasteiger partial charge in [0, 0.05) is 18.0 Å². The lowest BCUT2D eigenvalue weighted by atomic mass is 9.78. The highest BCUT2D eigenvalue weighted by molar-refractivity contribution is 7.09. The van der Waals surface area contributed by atoms with E-state index in [1.807, 2.05) is 11.3 Å². The molecule has 1 aliphatic heterocycles. The molecule has 2 aromatic rings. The van der Waals surface area contributed by atoms with Crippen molar-refractivity contribution >= 4 is 17.2 Å². The van der Waals surface area contributed by atoms with E-state index >= 15 is 0 Å². The monoisotopic (exact) mass is 400 g/mol. The van der Waals surface area contributed by atoms with Crippen LogP contribution in [0.4, 0.5) is 4.39 Å². The number of halogens is 1. The second kappa shape index (κ2) is 8.75. The van der Waals surface area contributed by atoms with Gasteiger partial charge >= 0.3 is 0 Å². The molecule has 4 rings (SSSR count). The normalized spacial score (nSPS) is 20.3. The van der Waals surface area contributed by atoms with Gasteiger partial charge in [0.05, 0.1) is 5.41 Å². The summed E-state index contributed by atoms with van der Waals surface area (Å²) in [6.45, 7) is 4.00. The molecule has 1 saturated heterocycles. The number of rotatable bonds is 6. The zero-order chi connectivity index (χ0) is 19.4. The van der Waals surface area contributed by atoms with E-state index in [1.54, 1.807) is 12.1 Å². The highest BCUT2D eigenvalue weighted by atomic mass is 32.1. The van der Waals surface area contributed by atoms with Crippen molar-refractivity contribution in [3.63, 3.8) is 0 Å². The summed E-state index contributed by atoms with van der Waals surface area (Å²) in [6.07, 6.45) is 6.12. The molecule has 3 nitrogen and oxygen atoms in total. The van der Waals surface area contributed by atoms with Gasteiger partial charge in [0.1, 0.15) is 5.82 Å². The van der Waals surface area contributed by atoms with E-state index in [0.29, 0.717) is 5.92 Å². The third-order valence-corrected chi connectivity index (χ3v) is 7.37. The quantitative estimate of drug-likeness (QED) is 0.760. The minimum atomic E-state index is -0.465. The van der Waals surface area contributed by atoms with Crippen LogP contribution in [0.5, 0.6) is 0 Å². The molecule has 0 spiro atoms. The van der Waals surface area contributed by atoms with E-state index in [4.69, 9.17) is 0 Å². The first-order chi connectivity index (χ1) is 13.7. The number of nitrogens with one attached hydrogen (secondary N) is 1. The van der Waals surface area contributed by atoms with Crippen molar-refractivity contribution in [1.29, 1.82) is 0 Å². The third kappa shape index (κ3) is 4.31. The first-order valence-corrected chi connectivity index (χ1v) is 11.3. The Morgan fingerprint density at radius 1 is 1.14 bits per heavy atom. The van der Waals surface area contributed by atoms with Crippen LogP contribution in [0.3, 0.4) is 0 Å². The van der Waals surface area contributed by atoms with E-state index in [0.717, 1.165) is 70.3 Å². The average molecular weight is 401 g/mol. The molecule has 2 fully saturated rings. The van der Waals surface area contributed by atoms with Crippen molar-refractivity contribution in [3.05, 3.63) is 58.0 Å². The summed E-state index contributed by atoms with van der Waals surface area (Å²) in [5, 5.41) is 5.40. The summed E-state index contributed by atoms with van der Waals surface area (Å²) in [7, 11) is 0. The molecule has 1 N–H and O–H groups in total. The van der Waals surface area contributed by atoms with Crippen molar-refractivity contribution in [2.45, 2.75) is 50.5 Å². The molecule has 2 heterocycles. The van der Waals surface area contributed by atoms with Gasteiger partial charge in [-0.1, -0.05) is 31.0 Å². The van der Waals surface area contributed by atoms with Crippen molar-refractivity contribution in [3.8, 4) is 0 Å². The van der Waals surface area contributed by atoms with Gasteiger partial charge in [0.2, 0.25) is 5.91 Å². The Morgan fingerprint density at radius 3 is 2.50 bits per heavy atom. The van der Waals surface area contributed by atoms with E-state index in [1.165, 1.54) is 17.0 Å². The summed E-state index contributed by atoms with van der Waals surface area (Å²) in [6, 6.07) is 10.9. The lowest BCUT2D eigenvalue weighted by Crippen LogP contribution is -2.45. The van der Waals surface area contributed by atoms with Crippen LogP contribution in [0, 0.1) is 11.7 Å². The lowest BCUT2D eigenvalue weighted by molar-refractivity contribution is -0.126. The van der Waals surface area contributed by atoms with Gasteiger partial charge in [-0.3, -0.25) is 9.69 Å². The van der Waals surface area contributed by atoms with Gasteiger partial charge < -0.3 is 5.32 Å². The lowest BCUT2D eigenvalue weighted by Gasteiger charge is -2.33. The van der Waals surface area contributed by atoms with Crippen LogP contribution in [0.25, 0.3) is 0 Å². The average Bonchev–Trinajstić information content (AvgIpc) is 3.40. The van der Waals surface area contributed by atoms with Crippen molar-refractivity contribution in [2.75, 3.05) is 19.6 Å². The van der Waals surface area contributed by atoms with E-state index in [2.05, 4.69) is 27.7 Å². The van der Waals surface area contributed by atoms with Crippen LogP contribution < -0.4 is 5.32 Å². The Morgan fingerprint density at radius 2 is 1.86 bits per heavy atom. The first-order valence-electron chi connectivity index (χ1n) is 10.4. The SMILES string of the molecule is O=C(NCC1CCN(Cc2cccs2)CC1)C1(c2ccc(F)cc2)CCCC1. The number of likely N-dealkylation sites (tertiary alicyclic amines) is 1. The van der Waals surface area contributed by atoms with Crippen LogP contribution in [0.15, 0.2) is 41.8 Å².